The van der Waals surface area contributed by atoms with Gasteiger partial charge in [-0.25, -0.2) is 0 Å². The van der Waals surface area contributed by atoms with Crippen LogP contribution in [0.1, 0.15) is 84.5 Å². The maximum Gasteiger partial charge on any atom is 0.303 e. The summed E-state index contributed by atoms with van der Waals surface area (Å²) >= 11 is 0. The minimum Gasteiger partial charge on any atom is -0.481 e. The van der Waals surface area contributed by atoms with E-state index >= 15 is 0 Å². The third kappa shape index (κ3) is 12.5. The Hall–Kier alpha value is -0.910. The molecule has 0 saturated carbocycles. The van der Waals surface area contributed by atoms with Gasteiger partial charge in [0.25, 0.3) is 0 Å². The molecular weight excluding hydrogens is 308 g/mol. The van der Waals surface area contributed by atoms with Crippen LogP contribution in [0.3, 0.4) is 0 Å². The molecule has 5 nitrogen and oxygen atoms in total. The summed E-state index contributed by atoms with van der Waals surface area (Å²) in [6.45, 7) is 3.72. The molecule has 3 unspecified atom stereocenters. The van der Waals surface area contributed by atoms with Crippen LogP contribution in [0, 0.1) is 0 Å². The van der Waals surface area contributed by atoms with Crippen molar-refractivity contribution in [3.05, 3.63) is 12.2 Å². The molecule has 0 aliphatic carbocycles. The van der Waals surface area contributed by atoms with Crippen molar-refractivity contribution in [3.8, 4) is 0 Å². The zero-order valence-corrected chi connectivity index (χ0v) is 15.3. The molecule has 0 radical (unpaired) electrons. The lowest BCUT2D eigenvalue weighted by molar-refractivity contribution is -0.137. The van der Waals surface area contributed by atoms with Gasteiger partial charge in [-0.2, -0.15) is 0 Å². The average Bonchev–Trinajstić information content (AvgIpc) is 2.51. The Labute approximate surface area is 146 Å². The molecule has 4 N–H and O–H groups in total. The van der Waals surface area contributed by atoms with E-state index in [1.165, 1.54) is 6.08 Å². The van der Waals surface area contributed by atoms with E-state index in [2.05, 4.69) is 6.92 Å². The molecule has 24 heavy (non-hydrogen) atoms. The number of carbonyl (C=O) groups is 1. The van der Waals surface area contributed by atoms with E-state index < -0.39 is 23.8 Å². The molecule has 0 aromatic carbocycles. The number of carboxylic acids is 1. The van der Waals surface area contributed by atoms with Gasteiger partial charge in [0.1, 0.15) is 6.10 Å². The van der Waals surface area contributed by atoms with Crippen molar-refractivity contribution in [1.29, 1.82) is 0 Å². The van der Waals surface area contributed by atoms with Gasteiger partial charge < -0.3 is 20.4 Å². The molecule has 0 amide bonds. The summed E-state index contributed by atoms with van der Waals surface area (Å²) in [5, 5.41) is 38.7. The normalized spacial score (nSPS) is 16.9. The average molecular weight is 344 g/mol. The zero-order chi connectivity index (χ0) is 18.4. The highest BCUT2D eigenvalue weighted by Crippen LogP contribution is 2.20. The Morgan fingerprint density at radius 1 is 1.00 bits per heavy atom. The zero-order valence-electron chi connectivity index (χ0n) is 15.3. The molecule has 142 valence electrons. The number of hydrogen-bond donors (Lipinski definition) is 4. The van der Waals surface area contributed by atoms with Crippen LogP contribution in [0.15, 0.2) is 12.2 Å². The van der Waals surface area contributed by atoms with Crippen LogP contribution in [0.5, 0.6) is 0 Å². The van der Waals surface area contributed by atoms with Crippen molar-refractivity contribution in [2.75, 3.05) is 0 Å². The summed E-state index contributed by atoms with van der Waals surface area (Å²) in [5.41, 5.74) is -1.16. The van der Waals surface area contributed by atoms with Gasteiger partial charge >= 0.3 is 5.97 Å². The molecule has 0 aromatic heterocycles. The standard InChI is InChI=1S/C19H36O5/c1-3-4-10-15-19(2,24)17(21)14-13-16(20)11-8-6-5-7-9-12-18(22)23/h13-14,16-17,20-21,24H,3-12,15H2,1-2H3,(H,22,23)/b14-13+. The lowest BCUT2D eigenvalue weighted by Gasteiger charge is -2.27. The van der Waals surface area contributed by atoms with Crippen molar-refractivity contribution in [1.82, 2.24) is 0 Å². The van der Waals surface area contributed by atoms with Gasteiger partial charge in [0.05, 0.1) is 11.7 Å². The summed E-state index contributed by atoms with van der Waals surface area (Å²) < 4.78 is 0. The Kier molecular flexibility index (Phi) is 12.9. The van der Waals surface area contributed by atoms with Crippen LogP contribution in [-0.2, 0) is 4.79 Å². The third-order valence-electron chi connectivity index (χ3n) is 4.33. The molecule has 0 aliphatic heterocycles. The van der Waals surface area contributed by atoms with E-state index in [1.54, 1.807) is 13.0 Å². The van der Waals surface area contributed by atoms with Gasteiger partial charge in [-0.1, -0.05) is 64.0 Å². The predicted octanol–water partition coefficient (Wildman–Crippen LogP) is 3.41. The van der Waals surface area contributed by atoms with Crippen molar-refractivity contribution < 1.29 is 25.2 Å². The second kappa shape index (κ2) is 13.4. The Morgan fingerprint density at radius 3 is 2.25 bits per heavy atom. The maximum atomic E-state index is 10.4. The maximum absolute atomic E-state index is 10.4. The molecule has 5 heteroatoms. The fourth-order valence-corrected chi connectivity index (χ4v) is 2.58. The third-order valence-corrected chi connectivity index (χ3v) is 4.33. The Bertz CT molecular complexity index is 352. The van der Waals surface area contributed by atoms with Gasteiger partial charge in [0, 0.05) is 6.42 Å². The first-order valence-electron chi connectivity index (χ1n) is 9.28. The number of hydrogen-bond acceptors (Lipinski definition) is 4. The van der Waals surface area contributed by atoms with E-state index in [9.17, 15) is 20.1 Å². The second-order valence-corrected chi connectivity index (χ2v) is 6.91. The van der Waals surface area contributed by atoms with Gasteiger partial charge in [-0.3, -0.25) is 4.79 Å². The molecule has 3 atom stereocenters. The molecule has 0 aromatic rings. The van der Waals surface area contributed by atoms with Crippen LogP contribution in [0.4, 0.5) is 0 Å². The first-order chi connectivity index (χ1) is 11.3. The van der Waals surface area contributed by atoms with Gasteiger partial charge in [0.15, 0.2) is 0 Å². The number of unbranched alkanes of at least 4 members (excludes halogenated alkanes) is 6. The molecule has 0 spiro atoms. The van der Waals surface area contributed by atoms with Crippen LogP contribution in [0.2, 0.25) is 0 Å². The minimum absolute atomic E-state index is 0.224. The van der Waals surface area contributed by atoms with E-state index in [4.69, 9.17) is 5.11 Å². The summed E-state index contributed by atoms with van der Waals surface area (Å²) in [5.74, 6) is -0.750. The number of aliphatic carboxylic acids is 1. The van der Waals surface area contributed by atoms with Crippen molar-refractivity contribution in [3.63, 3.8) is 0 Å². The van der Waals surface area contributed by atoms with Crippen LogP contribution in [0.25, 0.3) is 0 Å². The molecule has 0 rings (SSSR count). The fourth-order valence-electron chi connectivity index (χ4n) is 2.58. The first kappa shape index (κ1) is 23.1. The van der Waals surface area contributed by atoms with Crippen LogP contribution in [-0.4, -0.2) is 44.2 Å². The summed E-state index contributed by atoms with van der Waals surface area (Å²) in [6, 6.07) is 0. The minimum atomic E-state index is -1.16. The van der Waals surface area contributed by atoms with E-state index in [1.807, 2.05) is 0 Å². The van der Waals surface area contributed by atoms with Crippen LogP contribution >= 0.6 is 0 Å². The van der Waals surface area contributed by atoms with Crippen LogP contribution < -0.4 is 0 Å². The summed E-state index contributed by atoms with van der Waals surface area (Å²) in [4.78, 5) is 10.4. The van der Waals surface area contributed by atoms with E-state index in [0.717, 1.165) is 44.9 Å². The predicted molar refractivity (Wildman–Crippen MR) is 95.9 cm³/mol. The summed E-state index contributed by atoms with van der Waals surface area (Å²) in [6.07, 6.45) is 10.2. The van der Waals surface area contributed by atoms with Gasteiger partial charge in [-0.05, 0) is 26.2 Å². The first-order valence-corrected chi connectivity index (χ1v) is 9.28. The molecule has 0 bridgehead atoms. The highest BCUT2D eigenvalue weighted by molar-refractivity contribution is 5.66. The number of aliphatic hydroxyl groups excluding tert-OH is 2. The molecular formula is C19H36O5. The lowest BCUT2D eigenvalue weighted by Crippen LogP contribution is -2.38. The van der Waals surface area contributed by atoms with Gasteiger partial charge in [-0.15, -0.1) is 0 Å². The monoisotopic (exact) mass is 344 g/mol. The van der Waals surface area contributed by atoms with Gasteiger partial charge in [0.2, 0.25) is 0 Å². The largest absolute Gasteiger partial charge is 0.481 e. The fraction of sp³-hybridized carbons (Fsp3) is 0.842. The highest BCUT2D eigenvalue weighted by atomic mass is 16.4. The van der Waals surface area contributed by atoms with E-state index in [-0.39, 0.29) is 6.42 Å². The van der Waals surface area contributed by atoms with Crippen molar-refractivity contribution >= 4 is 5.97 Å². The molecule has 0 fully saturated rings. The van der Waals surface area contributed by atoms with Crippen molar-refractivity contribution in [2.24, 2.45) is 0 Å². The quantitative estimate of drug-likeness (QED) is 0.270. The molecule has 0 saturated heterocycles. The number of rotatable bonds is 15. The SMILES string of the molecule is CCCCCC(C)(O)C(O)/C=C/C(O)CCCCCCCC(=O)O. The van der Waals surface area contributed by atoms with E-state index in [0.29, 0.717) is 19.3 Å². The second-order valence-electron chi connectivity index (χ2n) is 6.91. The highest BCUT2D eigenvalue weighted by Gasteiger charge is 2.27. The topological polar surface area (TPSA) is 98.0 Å². The smallest absolute Gasteiger partial charge is 0.303 e. The molecule has 0 aliphatic rings. The van der Waals surface area contributed by atoms with Crippen molar-refractivity contribution in [2.45, 2.75) is 102 Å². The molecule has 0 heterocycles. The summed E-state index contributed by atoms with van der Waals surface area (Å²) in [7, 11) is 0. The Morgan fingerprint density at radius 2 is 1.62 bits per heavy atom. The number of aliphatic hydroxyl groups is 3. The Balaban J connectivity index is 3.86. The lowest BCUT2D eigenvalue weighted by atomic mass is 9.91. The number of carboxylic acid groups (broad SMARTS) is 1.